The fourth-order valence-corrected chi connectivity index (χ4v) is 12.9. The molecule has 0 amide bonds. The standard InChI is InChI=1S/C62H37NO/c1-8-24-47-39(17-1)40-18-2-9-25-48(40)61(47)51-28-12-5-22-44(51)59-53(61)30-15-32-55(59)63(38-35-36-58-46(37-38)43-21-7-14-34-57(43)64-58)56-33-16-31-54-60(56)45-23-6-13-29-52(45)62(54)49-26-10-3-19-41(49)42-20-4-11-27-50(42)62/h1-37H. The lowest BCUT2D eigenvalue weighted by Gasteiger charge is -2.33. The Labute approximate surface area is 371 Å². The van der Waals surface area contributed by atoms with Gasteiger partial charge in [-0.1, -0.05) is 188 Å². The van der Waals surface area contributed by atoms with Crippen molar-refractivity contribution in [3.05, 3.63) is 269 Å². The van der Waals surface area contributed by atoms with E-state index in [1.165, 1.54) is 89.0 Å². The number of para-hydroxylation sites is 1. The zero-order valence-electron chi connectivity index (χ0n) is 34.7. The summed E-state index contributed by atoms with van der Waals surface area (Å²) < 4.78 is 6.48. The minimum atomic E-state index is -0.474. The highest BCUT2D eigenvalue weighted by atomic mass is 16.3. The maximum atomic E-state index is 6.48. The molecule has 1 heterocycles. The molecule has 0 N–H and O–H groups in total. The molecule has 2 nitrogen and oxygen atoms in total. The van der Waals surface area contributed by atoms with E-state index in [4.69, 9.17) is 4.42 Å². The molecule has 0 fully saturated rings. The Morgan fingerprint density at radius 2 is 0.641 bits per heavy atom. The summed E-state index contributed by atoms with van der Waals surface area (Å²) in [6.07, 6.45) is 0. The molecule has 2 spiro atoms. The van der Waals surface area contributed by atoms with Crippen molar-refractivity contribution in [3.63, 3.8) is 0 Å². The predicted molar refractivity (Wildman–Crippen MR) is 261 cm³/mol. The van der Waals surface area contributed by atoms with Crippen LogP contribution in [0.3, 0.4) is 0 Å². The van der Waals surface area contributed by atoms with E-state index < -0.39 is 10.8 Å². The molecule has 2 heteroatoms. The third kappa shape index (κ3) is 3.99. The molecule has 1 aromatic heterocycles. The molecule has 64 heavy (non-hydrogen) atoms. The summed E-state index contributed by atoms with van der Waals surface area (Å²) in [6, 6.07) is 83.9. The van der Waals surface area contributed by atoms with E-state index in [9.17, 15) is 0 Å². The maximum absolute atomic E-state index is 6.48. The number of anilines is 3. The van der Waals surface area contributed by atoms with Crippen molar-refractivity contribution in [2.75, 3.05) is 4.90 Å². The molecule has 0 radical (unpaired) electrons. The lowest BCUT2D eigenvalue weighted by molar-refractivity contribution is 0.669. The second-order valence-corrected chi connectivity index (χ2v) is 17.8. The Morgan fingerprint density at radius 3 is 1.11 bits per heavy atom. The normalized spacial score (nSPS) is 14.5. The van der Waals surface area contributed by atoms with E-state index in [0.717, 1.165) is 39.0 Å². The fourth-order valence-electron chi connectivity index (χ4n) is 12.9. The van der Waals surface area contributed by atoms with Gasteiger partial charge in [-0.15, -0.1) is 0 Å². The number of benzene rings is 10. The average molecular weight is 812 g/mol. The van der Waals surface area contributed by atoms with Crippen LogP contribution in [0.2, 0.25) is 0 Å². The summed E-state index contributed by atoms with van der Waals surface area (Å²) in [5, 5.41) is 2.21. The molecule has 4 aliphatic rings. The van der Waals surface area contributed by atoms with Gasteiger partial charge in [0.2, 0.25) is 0 Å². The van der Waals surface area contributed by atoms with Crippen LogP contribution in [0.1, 0.15) is 44.5 Å². The maximum Gasteiger partial charge on any atom is 0.135 e. The van der Waals surface area contributed by atoms with Gasteiger partial charge in [0.1, 0.15) is 11.2 Å². The van der Waals surface area contributed by atoms with Crippen LogP contribution in [0.25, 0.3) is 66.4 Å². The van der Waals surface area contributed by atoms with Crippen LogP contribution < -0.4 is 4.90 Å². The van der Waals surface area contributed by atoms with Gasteiger partial charge in [0.15, 0.2) is 0 Å². The predicted octanol–water partition coefficient (Wildman–Crippen LogP) is 15.7. The first-order valence-electron chi connectivity index (χ1n) is 22.3. The van der Waals surface area contributed by atoms with Gasteiger partial charge in [-0.3, -0.25) is 0 Å². The third-order valence-electron chi connectivity index (χ3n) is 15.1. The molecule has 11 aromatic rings. The quantitative estimate of drug-likeness (QED) is 0.177. The topological polar surface area (TPSA) is 16.4 Å². The second-order valence-electron chi connectivity index (χ2n) is 17.8. The molecule has 0 atom stereocenters. The molecule has 296 valence electrons. The third-order valence-corrected chi connectivity index (χ3v) is 15.1. The van der Waals surface area contributed by atoms with Crippen LogP contribution in [0.4, 0.5) is 17.1 Å². The highest BCUT2D eigenvalue weighted by Gasteiger charge is 2.54. The zero-order chi connectivity index (χ0) is 41.7. The number of rotatable bonds is 3. The van der Waals surface area contributed by atoms with Gasteiger partial charge in [-0.25, -0.2) is 0 Å². The number of fused-ring (bicyclic) bond motifs is 23. The molecule has 4 aliphatic carbocycles. The van der Waals surface area contributed by atoms with Gasteiger partial charge in [0.25, 0.3) is 0 Å². The van der Waals surface area contributed by atoms with Gasteiger partial charge in [-0.2, -0.15) is 0 Å². The Hall–Kier alpha value is -8.20. The Morgan fingerprint density at radius 1 is 0.281 bits per heavy atom. The Balaban J connectivity index is 1.08. The van der Waals surface area contributed by atoms with Gasteiger partial charge in [0.05, 0.1) is 22.2 Å². The fraction of sp³-hybridized carbons (Fsp3) is 0.0323. The molecule has 0 unspecified atom stereocenters. The highest BCUT2D eigenvalue weighted by molar-refractivity contribution is 6.09. The minimum Gasteiger partial charge on any atom is -0.456 e. The smallest absolute Gasteiger partial charge is 0.135 e. The van der Waals surface area contributed by atoms with Crippen molar-refractivity contribution in [1.29, 1.82) is 0 Å². The van der Waals surface area contributed by atoms with Crippen LogP contribution in [0.15, 0.2) is 229 Å². The zero-order valence-corrected chi connectivity index (χ0v) is 34.7. The second kappa shape index (κ2) is 12.2. The Kier molecular flexibility index (Phi) is 6.58. The van der Waals surface area contributed by atoms with Crippen LogP contribution in [0.5, 0.6) is 0 Å². The Bertz CT molecular complexity index is 3540. The van der Waals surface area contributed by atoms with Crippen molar-refractivity contribution in [2.45, 2.75) is 10.8 Å². The first-order valence-corrected chi connectivity index (χ1v) is 22.3. The number of hydrogen-bond donors (Lipinski definition) is 0. The molecule has 0 aliphatic heterocycles. The molecule has 15 rings (SSSR count). The van der Waals surface area contributed by atoms with E-state index in [2.05, 4.69) is 229 Å². The van der Waals surface area contributed by atoms with Gasteiger partial charge in [0, 0.05) is 27.6 Å². The minimum absolute atomic E-state index is 0.474. The molecule has 0 bridgehead atoms. The van der Waals surface area contributed by atoms with Gasteiger partial charge in [-0.05, 0) is 114 Å². The SMILES string of the molecule is c1ccc2c(c1)-c1ccccc1C21c2ccccc2-c2c(N(c3ccc4oc5ccccc5c4c3)c3cccc4c3-c3ccccc3C43c4ccccc4-c4ccccc43)cccc21. The average Bonchev–Trinajstić information content (AvgIpc) is 4.13. The van der Waals surface area contributed by atoms with Crippen LogP contribution in [-0.2, 0) is 10.8 Å². The summed E-state index contributed by atoms with van der Waals surface area (Å²) in [5.41, 5.74) is 25.1. The number of furan rings is 1. The van der Waals surface area contributed by atoms with E-state index in [1.54, 1.807) is 0 Å². The van der Waals surface area contributed by atoms with E-state index in [1.807, 2.05) is 0 Å². The summed E-state index contributed by atoms with van der Waals surface area (Å²) in [7, 11) is 0. The summed E-state index contributed by atoms with van der Waals surface area (Å²) in [4.78, 5) is 2.57. The van der Waals surface area contributed by atoms with Gasteiger partial charge >= 0.3 is 0 Å². The van der Waals surface area contributed by atoms with E-state index in [-0.39, 0.29) is 0 Å². The van der Waals surface area contributed by atoms with Crippen LogP contribution in [-0.4, -0.2) is 0 Å². The van der Waals surface area contributed by atoms with Crippen molar-refractivity contribution in [3.8, 4) is 44.5 Å². The van der Waals surface area contributed by atoms with Crippen molar-refractivity contribution in [1.82, 2.24) is 0 Å². The van der Waals surface area contributed by atoms with Gasteiger partial charge < -0.3 is 9.32 Å². The largest absolute Gasteiger partial charge is 0.456 e. The summed E-state index contributed by atoms with van der Waals surface area (Å²) in [6.45, 7) is 0. The van der Waals surface area contributed by atoms with E-state index in [0.29, 0.717) is 0 Å². The van der Waals surface area contributed by atoms with Crippen molar-refractivity contribution in [2.24, 2.45) is 0 Å². The van der Waals surface area contributed by atoms with E-state index >= 15 is 0 Å². The highest BCUT2D eigenvalue weighted by Crippen LogP contribution is 2.67. The van der Waals surface area contributed by atoms with Crippen molar-refractivity contribution < 1.29 is 4.42 Å². The lowest BCUT2D eigenvalue weighted by atomic mass is 9.70. The first-order chi connectivity index (χ1) is 31.8. The van der Waals surface area contributed by atoms with Crippen LogP contribution in [0, 0.1) is 0 Å². The summed E-state index contributed by atoms with van der Waals surface area (Å²) >= 11 is 0. The lowest BCUT2D eigenvalue weighted by Crippen LogP contribution is -2.26. The molecular weight excluding hydrogens is 775 g/mol. The van der Waals surface area contributed by atoms with Crippen molar-refractivity contribution >= 4 is 39.0 Å². The molecule has 10 aromatic carbocycles. The monoisotopic (exact) mass is 811 g/mol. The molecule has 0 saturated carbocycles. The number of hydrogen-bond acceptors (Lipinski definition) is 2. The number of nitrogens with zero attached hydrogens (tertiary/aromatic N) is 1. The first kappa shape index (κ1) is 34.4. The molecular formula is C62H37NO. The molecule has 0 saturated heterocycles. The van der Waals surface area contributed by atoms with Crippen LogP contribution >= 0.6 is 0 Å². The summed E-state index contributed by atoms with van der Waals surface area (Å²) in [5.74, 6) is 0.